The van der Waals surface area contributed by atoms with Gasteiger partial charge in [-0.15, -0.1) is 0 Å². The number of carbonyl (C=O) groups is 1. The van der Waals surface area contributed by atoms with Gasteiger partial charge in [-0.2, -0.15) is 0 Å². The molecule has 0 saturated carbocycles. The van der Waals surface area contributed by atoms with Crippen molar-refractivity contribution < 1.29 is 19.4 Å². The first-order valence-electron chi connectivity index (χ1n) is 14.7. The van der Waals surface area contributed by atoms with Crippen molar-refractivity contribution in [3.8, 4) is 11.1 Å². The molecule has 1 aliphatic heterocycles. The van der Waals surface area contributed by atoms with E-state index in [1.807, 2.05) is 84.5 Å². The lowest BCUT2D eigenvalue weighted by Gasteiger charge is -2.36. The maximum Gasteiger partial charge on any atom is 0.251 e. The van der Waals surface area contributed by atoms with Gasteiger partial charge in [-0.3, -0.25) is 4.79 Å². The number of thioether (sulfide) groups is 1. The number of rotatable bonds is 10. The number of carbonyl (C=O) groups excluding carboxylic acids is 1. The Morgan fingerprint density at radius 3 is 2.41 bits per heavy atom. The molecule has 0 bridgehead atoms. The Labute approximate surface area is 261 Å². The van der Waals surface area contributed by atoms with Crippen molar-refractivity contribution in [3.05, 3.63) is 143 Å². The van der Waals surface area contributed by atoms with Crippen LogP contribution in [0.5, 0.6) is 0 Å². The lowest BCUT2D eigenvalue weighted by molar-refractivity contribution is -0.245. The molecule has 224 valence electrons. The van der Waals surface area contributed by atoms with Crippen molar-refractivity contribution in [2.45, 2.75) is 43.2 Å². The second-order valence-corrected chi connectivity index (χ2v) is 11.8. The summed E-state index contributed by atoms with van der Waals surface area (Å²) in [6.45, 7) is 0.458. The molecule has 5 aromatic rings. The SMILES string of the molecule is Cn1ccnc1SCC1CC(c2ccc(CO)cc2)OC(c2ccc(-c3cccc(CNC(=O)c4ccccc4)c3)cc2)O1. The minimum atomic E-state index is -0.521. The highest BCUT2D eigenvalue weighted by Crippen LogP contribution is 2.39. The number of nitrogens with one attached hydrogen (secondary N) is 1. The van der Waals surface area contributed by atoms with E-state index >= 15 is 0 Å². The number of hydrogen-bond donors (Lipinski definition) is 2. The molecule has 0 spiro atoms. The monoisotopic (exact) mass is 605 g/mol. The molecule has 8 heteroatoms. The Hall–Kier alpha value is -4.21. The van der Waals surface area contributed by atoms with E-state index in [0.717, 1.165) is 50.7 Å². The zero-order valence-corrected chi connectivity index (χ0v) is 25.3. The number of nitrogens with zero attached hydrogens (tertiary/aromatic N) is 2. The third-order valence-corrected chi connectivity index (χ3v) is 8.91. The molecule has 44 heavy (non-hydrogen) atoms. The van der Waals surface area contributed by atoms with Gasteiger partial charge < -0.3 is 24.5 Å². The van der Waals surface area contributed by atoms with Gasteiger partial charge in [0, 0.05) is 49.3 Å². The van der Waals surface area contributed by atoms with Gasteiger partial charge in [0.25, 0.3) is 5.91 Å². The minimum absolute atomic E-state index is 0.0120. The second-order valence-electron chi connectivity index (χ2n) is 10.9. The maximum absolute atomic E-state index is 12.5. The van der Waals surface area contributed by atoms with Gasteiger partial charge in [0.2, 0.25) is 0 Å². The van der Waals surface area contributed by atoms with E-state index in [-0.39, 0.29) is 24.7 Å². The van der Waals surface area contributed by atoms with Crippen LogP contribution in [0.1, 0.15) is 51.4 Å². The van der Waals surface area contributed by atoms with Crippen LogP contribution < -0.4 is 5.32 Å². The predicted octanol–water partition coefficient (Wildman–Crippen LogP) is 6.85. The highest BCUT2D eigenvalue weighted by atomic mass is 32.2. The van der Waals surface area contributed by atoms with E-state index in [2.05, 4.69) is 46.7 Å². The summed E-state index contributed by atoms with van der Waals surface area (Å²) in [5.41, 5.74) is 6.70. The molecule has 1 aromatic heterocycles. The standard InChI is InChI=1S/C36H35N3O4S/c1-39-19-18-37-36(39)44-24-32-21-33(28-12-10-25(23-40)11-13-28)43-35(42-32)30-16-14-27(15-17-30)31-9-5-6-26(20-31)22-38-34(41)29-7-3-2-4-8-29/h2-20,32-33,35,40H,21-24H2,1H3,(H,38,41). The molecular formula is C36H35N3O4S. The molecule has 3 unspecified atom stereocenters. The van der Waals surface area contributed by atoms with E-state index in [1.54, 1.807) is 18.0 Å². The quantitative estimate of drug-likeness (QED) is 0.170. The first-order chi connectivity index (χ1) is 21.6. The number of ether oxygens (including phenoxy) is 2. The molecule has 1 aliphatic rings. The summed E-state index contributed by atoms with van der Waals surface area (Å²) in [6.07, 6.45) is 3.76. The Morgan fingerprint density at radius 1 is 0.909 bits per heavy atom. The molecule has 3 atom stereocenters. The average Bonchev–Trinajstić information content (AvgIpc) is 3.51. The summed E-state index contributed by atoms with van der Waals surface area (Å²) < 4.78 is 15.0. The van der Waals surface area contributed by atoms with Gasteiger partial charge in [0.1, 0.15) is 0 Å². The molecule has 0 aliphatic carbocycles. The molecule has 1 fully saturated rings. The molecule has 7 nitrogen and oxygen atoms in total. The number of aliphatic hydroxyl groups is 1. The van der Waals surface area contributed by atoms with Crippen LogP contribution in [0, 0.1) is 0 Å². The van der Waals surface area contributed by atoms with Crippen molar-refractivity contribution in [2.24, 2.45) is 7.05 Å². The summed E-state index contributed by atoms with van der Waals surface area (Å²) in [6, 6.07) is 33.7. The lowest BCUT2D eigenvalue weighted by atomic mass is 9.99. The molecule has 1 saturated heterocycles. The van der Waals surface area contributed by atoms with Crippen molar-refractivity contribution in [1.29, 1.82) is 0 Å². The third-order valence-electron chi connectivity index (χ3n) is 7.72. The Balaban J connectivity index is 1.16. The van der Waals surface area contributed by atoms with E-state index in [1.165, 1.54) is 0 Å². The van der Waals surface area contributed by atoms with Crippen LogP contribution in [0.25, 0.3) is 11.1 Å². The number of hydrogen-bond acceptors (Lipinski definition) is 6. The zero-order valence-electron chi connectivity index (χ0n) is 24.5. The van der Waals surface area contributed by atoms with Crippen LogP contribution in [0.4, 0.5) is 0 Å². The Bertz CT molecular complexity index is 1670. The first-order valence-corrected chi connectivity index (χ1v) is 15.7. The third kappa shape index (κ3) is 7.29. The van der Waals surface area contributed by atoms with Crippen LogP contribution in [0.2, 0.25) is 0 Å². The van der Waals surface area contributed by atoms with Crippen LogP contribution in [-0.2, 0) is 29.7 Å². The first kappa shape index (κ1) is 29.8. The maximum atomic E-state index is 12.5. The van der Waals surface area contributed by atoms with Crippen LogP contribution >= 0.6 is 11.8 Å². The average molecular weight is 606 g/mol. The topological polar surface area (TPSA) is 85.6 Å². The smallest absolute Gasteiger partial charge is 0.251 e. The van der Waals surface area contributed by atoms with Crippen molar-refractivity contribution in [3.63, 3.8) is 0 Å². The fourth-order valence-corrected chi connectivity index (χ4v) is 6.20. The molecular weight excluding hydrogens is 570 g/mol. The molecule has 0 radical (unpaired) electrons. The highest BCUT2D eigenvalue weighted by molar-refractivity contribution is 7.99. The van der Waals surface area contributed by atoms with Gasteiger partial charge in [-0.05, 0) is 46.0 Å². The van der Waals surface area contributed by atoms with Crippen LogP contribution in [0.3, 0.4) is 0 Å². The van der Waals surface area contributed by atoms with Gasteiger partial charge in [-0.1, -0.05) is 96.7 Å². The number of imidazole rings is 1. The zero-order chi connectivity index (χ0) is 30.3. The fourth-order valence-electron chi connectivity index (χ4n) is 5.25. The molecule has 1 amide bonds. The molecule has 6 rings (SSSR count). The van der Waals surface area contributed by atoms with E-state index in [4.69, 9.17) is 9.47 Å². The summed E-state index contributed by atoms with van der Waals surface area (Å²) in [5.74, 6) is 0.661. The Morgan fingerprint density at radius 2 is 1.68 bits per heavy atom. The fraction of sp³-hybridized carbons (Fsp3) is 0.222. The van der Waals surface area contributed by atoms with E-state index in [9.17, 15) is 9.90 Å². The Kier molecular flexibility index (Phi) is 9.53. The molecule has 4 aromatic carbocycles. The van der Waals surface area contributed by atoms with Crippen LogP contribution in [0.15, 0.2) is 121 Å². The van der Waals surface area contributed by atoms with Crippen LogP contribution in [-0.4, -0.2) is 32.4 Å². The summed E-state index contributed by atoms with van der Waals surface area (Å²) in [5, 5.41) is 13.4. The number of amides is 1. The van der Waals surface area contributed by atoms with E-state index in [0.29, 0.717) is 12.1 Å². The second kappa shape index (κ2) is 14.1. The highest BCUT2D eigenvalue weighted by Gasteiger charge is 2.32. The summed E-state index contributed by atoms with van der Waals surface area (Å²) in [7, 11) is 1.99. The van der Waals surface area contributed by atoms with Crippen molar-refractivity contribution >= 4 is 17.7 Å². The van der Waals surface area contributed by atoms with Crippen molar-refractivity contribution in [2.75, 3.05) is 5.75 Å². The largest absolute Gasteiger partial charge is 0.392 e. The van der Waals surface area contributed by atoms with Crippen molar-refractivity contribution in [1.82, 2.24) is 14.9 Å². The van der Waals surface area contributed by atoms with Gasteiger partial charge in [0.15, 0.2) is 11.4 Å². The van der Waals surface area contributed by atoms with E-state index < -0.39 is 6.29 Å². The van der Waals surface area contributed by atoms with Gasteiger partial charge in [-0.25, -0.2) is 4.98 Å². The molecule has 2 heterocycles. The predicted molar refractivity (Wildman–Crippen MR) is 172 cm³/mol. The summed E-state index contributed by atoms with van der Waals surface area (Å²) >= 11 is 1.68. The minimum Gasteiger partial charge on any atom is -0.392 e. The van der Waals surface area contributed by atoms with Gasteiger partial charge >= 0.3 is 0 Å². The normalized spacial score (nSPS) is 18.2. The molecule has 2 N–H and O–H groups in total. The number of aryl methyl sites for hydroxylation is 1. The lowest BCUT2D eigenvalue weighted by Crippen LogP contribution is -2.31. The number of aromatic nitrogens is 2. The van der Waals surface area contributed by atoms with Gasteiger partial charge in [0.05, 0.1) is 18.8 Å². The summed E-state index contributed by atoms with van der Waals surface area (Å²) in [4.78, 5) is 16.9. The number of aliphatic hydroxyl groups excluding tert-OH is 1. The number of benzene rings is 4.